The molecule has 3 rings (SSSR count). The number of carbonyl (C=O) groups excluding carboxylic acids is 1. The van der Waals surface area contributed by atoms with Gasteiger partial charge in [-0.2, -0.15) is 0 Å². The lowest BCUT2D eigenvalue weighted by atomic mass is 10.0. The second-order valence-corrected chi connectivity index (χ2v) is 5.57. The summed E-state index contributed by atoms with van der Waals surface area (Å²) in [7, 11) is 0. The Morgan fingerprint density at radius 1 is 1.24 bits per heavy atom. The highest BCUT2D eigenvalue weighted by Crippen LogP contribution is 2.23. The fourth-order valence-electron chi connectivity index (χ4n) is 2.78. The number of hydrogen-bond donors (Lipinski definition) is 0. The van der Waals surface area contributed by atoms with E-state index in [1.165, 1.54) is 23.3 Å². The number of aromatic nitrogens is 1. The number of hydrogen-bond acceptors (Lipinski definition) is 3. The molecule has 0 amide bonds. The van der Waals surface area contributed by atoms with Crippen LogP contribution in [0, 0.1) is 11.7 Å². The van der Waals surface area contributed by atoms with Gasteiger partial charge >= 0.3 is 0 Å². The lowest BCUT2D eigenvalue weighted by molar-refractivity contribution is 0.0887. The molecule has 2 heterocycles. The Kier molecular flexibility index (Phi) is 3.80. The summed E-state index contributed by atoms with van der Waals surface area (Å²) in [6.45, 7) is 4.35. The van der Waals surface area contributed by atoms with Crippen molar-refractivity contribution in [2.75, 3.05) is 6.54 Å². The molecule has 0 bridgehead atoms. The van der Waals surface area contributed by atoms with E-state index in [2.05, 4.69) is 22.0 Å². The van der Waals surface area contributed by atoms with Gasteiger partial charge in [-0.25, -0.2) is 4.39 Å². The van der Waals surface area contributed by atoms with Gasteiger partial charge in [-0.15, -0.1) is 0 Å². The number of ketones is 1. The summed E-state index contributed by atoms with van der Waals surface area (Å²) in [5.41, 5.74) is 3.00. The second-order valence-electron chi connectivity index (χ2n) is 5.57. The largest absolute Gasteiger partial charge is 0.294 e. The number of halogens is 1. The Balaban J connectivity index is 1.64. The van der Waals surface area contributed by atoms with Crippen LogP contribution in [0.3, 0.4) is 0 Å². The lowest BCUT2D eigenvalue weighted by Crippen LogP contribution is -2.28. The first-order valence-electron chi connectivity index (χ1n) is 7.08. The van der Waals surface area contributed by atoms with Crippen LogP contribution in [0.1, 0.15) is 28.5 Å². The molecule has 1 atom stereocenters. The molecule has 0 spiro atoms. The van der Waals surface area contributed by atoms with Gasteiger partial charge in [0.15, 0.2) is 5.78 Å². The first-order valence-corrected chi connectivity index (χ1v) is 7.08. The summed E-state index contributed by atoms with van der Waals surface area (Å²) in [4.78, 5) is 18.4. The average molecular weight is 284 g/mol. The quantitative estimate of drug-likeness (QED) is 0.809. The minimum Gasteiger partial charge on any atom is -0.294 e. The van der Waals surface area contributed by atoms with E-state index in [0.29, 0.717) is 12.2 Å². The van der Waals surface area contributed by atoms with E-state index in [-0.39, 0.29) is 11.7 Å². The molecule has 2 aromatic rings. The minimum absolute atomic E-state index is 0.0362. The molecule has 0 fully saturated rings. The SMILES string of the molecule is CC(CN1Cc2ccccc2C1)C(=O)c1ccc(F)cn1. The molecule has 0 N–H and O–H groups in total. The highest BCUT2D eigenvalue weighted by Gasteiger charge is 2.24. The van der Waals surface area contributed by atoms with Crippen molar-refractivity contribution in [3.63, 3.8) is 0 Å². The van der Waals surface area contributed by atoms with Gasteiger partial charge in [0.2, 0.25) is 0 Å². The molecule has 1 aromatic heterocycles. The maximum Gasteiger partial charge on any atom is 0.185 e. The van der Waals surface area contributed by atoms with E-state index < -0.39 is 5.82 Å². The average Bonchev–Trinajstić information content (AvgIpc) is 2.89. The number of benzene rings is 1. The zero-order chi connectivity index (χ0) is 14.8. The molecule has 1 unspecified atom stereocenters. The molecule has 3 nitrogen and oxygen atoms in total. The maximum atomic E-state index is 12.8. The Labute approximate surface area is 123 Å². The number of Topliss-reactive ketones (excluding diaryl/α,β-unsaturated/α-hetero) is 1. The maximum absolute atomic E-state index is 12.8. The third-order valence-electron chi connectivity index (χ3n) is 3.87. The monoisotopic (exact) mass is 284 g/mol. The first kappa shape index (κ1) is 13.9. The summed E-state index contributed by atoms with van der Waals surface area (Å²) in [6, 6.07) is 11.1. The molecule has 1 aliphatic rings. The molecule has 0 aliphatic carbocycles. The van der Waals surface area contributed by atoms with Gasteiger partial charge in [0.25, 0.3) is 0 Å². The molecular formula is C17H17FN2O. The molecule has 4 heteroatoms. The van der Waals surface area contributed by atoms with Gasteiger partial charge in [0, 0.05) is 25.6 Å². The number of fused-ring (bicyclic) bond motifs is 1. The fraction of sp³-hybridized carbons (Fsp3) is 0.294. The van der Waals surface area contributed by atoms with Crippen LogP contribution in [0.4, 0.5) is 4.39 Å². The van der Waals surface area contributed by atoms with E-state index >= 15 is 0 Å². The normalized spacial score (nSPS) is 15.7. The van der Waals surface area contributed by atoms with Gasteiger partial charge in [-0.3, -0.25) is 14.7 Å². The van der Waals surface area contributed by atoms with Gasteiger partial charge in [0.05, 0.1) is 6.20 Å². The van der Waals surface area contributed by atoms with E-state index in [1.54, 1.807) is 0 Å². The van der Waals surface area contributed by atoms with Crippen LogP contribution in [-0.4, -0.2) is 22.2 Å². The fourth-order valence-corrected chi connectivity index (χ4v) is 2.78. The van der Waals surface area contributed by atoms with Crippen LogP contribution in [0.25, 0.3) is 0 Å². The van der Waals surface area contributed by atoms with Gasteiger partial charge in [0.1, 0.15) is 11.5 Å². The summed E-state index contributed by atoms with van der Waals surface area (Å²) in [5.74, 6) is -0.613. The standard InChI is InChI=1S/C17H17FN2O/c1-12(17(21)16-7-6-15(18)8-19-16)9-20-10-13-4-2-3-5-14(13)11-20/h2-8,12H,9-11H2,1H3. The first-order chi connectivity index (χ1) is 10.1. The van der Waals surface area contributed by atoms with Crippen LogP contribution in [-0.2, 0) is 13.1 Å². The van der Waals surface area contributed by atoms with Crippen LogP contribution in [0.2, 0.25) is 0 Å². The molecule has 0 saturated heterocycles. The third-order valence-corrected chi connectivity index (χ3v) is 3.87. The highest BCUT2D eigenvalue weighted by atomic mass is 19.1. The van der Waals surface area contributed by atoms with Crippen molar-refractivity contribution in [3.8, 4) is 0 Å². The van der Waals surface area contributed by atoms with Crippen LogP contribution < -0.4 is 0 Å². The Hall–Kier alpha value is -2.07. The summed E-state index contributed by atoms with van der Waals surface area (Å²) < 4.78 is 12.8. The molecule has 21 heavy (non-hydrogen) atoms. The number of rotatable bonds is 4. The van der Waals surface area contributed by atoms with E-state index in [4.69, 9.17) is 0 Å². The molecule has 0 radical (unpaired) electrons. The van der Waals surface area contributed by atoms with Crippen molar-refractivity contribution in [1.29, 1.82) is 0 Å². The van der Waals surface area contributed by atoms with E-state index in [1.807, 2.05) is 19.1 Å². The lowest BCUT2D eigenvalue weighted by Gasteiger charge is -2.19. The molecule has 108 valence electrons. The van der Waals surface area contributed by atoms with Crippen LogP contribution in [0.15, 0.2) is 42.6 Å². The minimum atomic E-state index is -0.422. The number of pyridine rings is 1. The molecule has 0 saturated carbocycles. The Morgan fingerprint density at radius 3 is 2.48 bits per heavy atom. The number of carbonyl (C=O) groups is 1. The third kappa shape index (κ3) is 3.00. The molecule has 1 aromatic carbocycles. The predicted octanol–water partition coefficient (Wildman–Crippen LogP) is 3.06. The zero-order valence-electron chi connectivity index (χ0n) is 11.9. The summed E-state index contributed by atoms with van der Waals surface area (Å²) >= 11 is 0. The number of nitrogens with zero attached hydrogens (tertiary/aromatic N) is 2. The van der Waals surface area contributed by atoms with Gasteiger partial charge in [-0.1, -0.05) is 31.2 Å². The highest BCUT2D eigenvalue weighted by molar-refractivity contribution is 5.95. The Morgan fingerprint density at radius 2 is 1.90 bits per heavy atom. The van der Waals surface area contributed by atoms with E-state index in [0.717, 1.165) is 19.3 Å². The van der Waals surface area contributed by atoms with Crippen molar-refractivity contribution in [1.82, 2.24) is 9.88 Å². The van der Waals surface area contributed by atoms with Crippen molar-refractivity contribution in [2.24, 2.45) is 5.92 Å². The smallest absolute Gasteiger partial charge is 0.185 e. The van der Waals surface area contributed by atoms with Crippen LogP contribution >= 0.6 is 0 Å². The zero-order valence-corrected chi connectivity index (χ0v) is 11.9. The molecular weight excluding hydrogens is 267 g/mol. The summed E-state index contributed by atoms with van der Waals surface area (Å²) in [6.07, 6.45) is 1.09. The van der Waals surface area contributed by atoms with Gasteiger partial charge < -0.3 is 0 Å². The van der Waals surface area contributed by atoms with Crippen molar-refractivity contribution >= 4 is 5.78 Å². The topological polar surface area (TPSA) is 33.2 Å². The summed E-state index contributed by atoms with van der Waals surface area (Å²) in [5, 5.41) is 0. The van der Waals surface area contributed by atoms with Crippen molar-refractivity contribution in [3.05, 3.63) is 65.2 Å². The van der Waals surface area contributed by atoms with Crippen molar-refractivity contribution < 1.29 is 9.18 Å². The molecule has 1 aliphatic heterocycles. The predicted molar refractivity (Wildman–Crippen MR) is 78.2 cm³/mol. The van der Waals surface area contributed by atoms with E-state index in [9.17, 15) is 9.18 Å². The van der Waals surface area contributed by atoms with Gasteiger partial charge in [-0.05, 0) is 23.3 Å². The van der Waals surface area contributed by atoms with Crippen LogP contribution in [0.5, 0.6) is 0 Å². The van der Waals surface area contributed by atoms with Crippen molar-refractivity contribution in [2.45, 2.75) is 20.0 Å². The second kappa shape index (κ2) is 5.74. The Bertz CT molecular complexity index is 629.